The average molecular weight is 415 g/mol. The zero-order chi connectivity index (χ0) is 22.3. The molecule has 0 aliphatic rings. The van der Waals surface area contributed by atoms with Gasteiger partial charge in [0.15, 0.2) is 12.4 Å². The normalized spacial score (nSPS) is 10.9. The molecule has 7 nitrogen and oxygen atoms in total. The number of anilines is 1. The fourth-order valence-electron chi connectivity index (χ4n) is 3.04. The van der Waals surface area contributed by atoms with Crippen LogP contribution < -0.4 is 5.32 Å². The first-order chi connectivity index (χ1) is 14.2. The lowest BCUT2D eigenvalue weighted by atomic mass is 10.1. The molecule has 0 fully saturated rings. The van der Waals surface area contributed by atoms with Crippen LogP contribution in [0.4, 0.5) is 5.69 Å². The third kappa shape index (κ3) is 6.47. The van der Waals surface area contributed by atoms with Gasteiger partial charge in [0.2, 0.25) is 0 Å². The van der Waals surface area contributed by atoms with Crippen LogP contribution in [0.3, 0.4) is 0 Å². The van der Waals surface area contributed by atoms with Crippen molar-refractivity contribution in [2.75, 3.05) is 25.0 Å². The van der Waals surface area contributed by atoms with Gasteiger partial charge in [-0.05, 0) is 42.5 Å². The minimum atomic E-state index is -0.671. The van der Waals surface area contributed by atoms with Gasteiger partial charge in [-0.25, -0.2) is 4.79 Å². The summed E-state index contributed by atoms with van der Waals surface area (Å²) in [5.41, 5.74) is 1.21. The molecule has 0 aliphatic heterocycles. The van der Waals surface area contributed by atoms with Crippen LogP contribution in [-0.4, -0.2) is 42.4 Å². The van der Waals surface area contributed by atoms with E-state index in [0.717, 1.165) is 0 Å². The Kier molecular flexibility index (Phi) is 8.21. The second-order valence-electron chi connectivity index (χ2n) is 8.09. The Morgan fingerprint density at radius 2 is 1.70 bits per heavy atom. The number of nitrogens with zero attached hydrogens (tertiary/aromatic N) is 1. The van der Waals surface area contributed by atoms with Gasteiger partial charge in [0.25, 0.3) is 11.8 Å². The molecular weight excluding hydrogens is 384 g/mol. The van der Waals surface area contributed by atoms with Crippen LogP contribution in [0.5, 0.6) is 0 Å². The number of carbonyl (C=O) groups excluding carboxylic acids is 3. The zero-order valence-electron chi connectivity index (χ0n) is 18.2. The molecule has 1 aromatic heterocycles. The molecule has 0 unspecified atom stereocenters. The fourth-order valence-corrected chi connectivity index (χ4v) is 3.04. The number of esters is 1. The maximum atomic E-state index is 12.7. The Morgan fingerprint density at radius 3 is 2.27 bits per heavy atom. The van der Waals surface area contributed by atoms with Crippen molar-refractivity contribution >= 4 is 23.5 Å². The molecule has 162 valence electrons. The van der Waals surface area contributed by atoms with Crippen molar-refractivity contribution in [2.24, 2.45) is 11.8 Å². The maximum Gasteiger partial charge on any atom is 0.340 e. The number of carbonyl (C=O) groups is 3. The molecule has 2 amide bonds. The lowest BCUT2D eigenvalue weighted by Gasteiger charge is -2.26. The number of benzene rings is 1. The summed E-state index contributed by atoms with van der Waals surface area (Å²) in [6, 6.07) is 8.15. The minimum Gasteiger partial charge on any atom is -0.459 e. The van der Waals surface area contributed by atoms with E-state index in [1.165, 1.54) is 12.3 Å². The Morgan fingerprint density at radius 1 is 1.03 bits per heavy atom. The molecule has 1 heterocycles. The number of furan rings is 1. The molecule has 1 N–H and O–H groups in total. The van der Waals surface area contributed by atoms with Crippen molar-refractivity contribution in [3.05, 3.63) is 53.5 Å². The van der Waals surface area contributed by atoms with E-state index in [-0.39, 0.29) is 23.8 Å². The highest BCUT2D eigenvalue weighted by Crippen LogP contribution is 2.22. The molecule has 0 radical (unpaired) electrons. The summed E-state index contributed by atoms with van der Waals surface area (Å²) >= 11 is 0. The molecule has 0 saturated heterocycles. The van der Waals surface area contributed by atoms with Crippen molar-refractivity contribution in [3.63, 3.8) is 0 Å². The van der Waals surface area contributed by atoms with Crippen LogP contribution in [0, 0.1) is 18.8 Å². The largest absolute Gasteiger partial charge is 0.459 e. The van der Waals surface area contributed by atoms with E-state index in [2.05, 4.69) is 5.32 Å². The molecule has 0 spiro atoms. The third-order valence-corrected chi connectivity index (χ3v) is 4.33. The minimum absolute atomic E-state index is 0.130. The zero-order valence-corrected chi connectivity index (χ0v) is 18.2. The van der Waals surface area contributed by atoms with Gasteiger partial charge in [0, 0.05) is 13.1 Å². The van der Waals surface area contributed by atoms with E-state index in [9.17, 15) is 14.4 Å². The number of hydrogen-bond donors (Lipinski definition) is 1. The number of ether oxygens (including phenoxy) is 1. The lowest BCUT2D eigenvalue weighted by Crippen LogP contribution is -2.39. The quantitative estimate of drug-likeness (QED) is 0.623. The molecule has 1 aromatic carbocycles. The fraction of sp³-hybridized carbons (Fsp3) is 0.435. The standard InChI is InChI=1S/C23H30N2O5/c1-15(2)12-25(13-16(3)4)20(26)14-30-23(28)18-9-6-8-17(5)21(18)24-22(27)19-10-7-11-29-19/h6-11,15-16H,12-14H2,1-5H3,(H,24,27). The van der Waals surface area contributed by atoms with Gasteiger partial charge < -0.3 is 19.4 Å². The smallest absolute Gasteiger partial charge is 0.340 e. The topological polar surface area (TPSA) is 88.9 Å². The van der Waals surface area contributed by atoms with E-state index >= 15 is 0 Å². The molecule has 30 heavy (non-hydrogen) atoms. The summed E-state index contributed by atoms with van der Waals surface area (Å²) in [6.07, 6.45) is 1.40. The Labute approximate surface area is 177 Å². The van der Waals surface area contributed by atoms with Gasteiger partial charge in [-0.3, -0.25) is 9.59 Å². The first-order valence-electron chi connectivity index (χ1n) is 10.1. The van der Waals surface area contributed by atoms with E-state index in [1.54, 1.807) is 36.1 Å². The number of rotatable bonds is 9. The Bertz CT molecular complexity index is 862. The summed E-state index contributed by atoms with van der Waals surface area (Å²) in [5.74, 6) is -0.632. The second kappa shape index (κ2) is 10.6. The average Bonchev–Trinajstić information content (AvgIpc) is 3.21. The summed E-state index contributed by atoms with van der Waals surface area (Å²) in [6.45, 7) is 10.8. The number of hydrogen-bond acceptors (Lipinski definition) is 5. The predicted molar refractivity (Wildman–Crippen MR) is 114 cm³/mol. The van der Waals surface area contributed by atoms with Gasteiger partial charge in [-0.2, -0.15) is 0 Å². The van der Waals surface area contributed by atoms with E-state index in [0.29, 0.717) is 36.2 Å². The number of para-hydroxylation sites is 1. The van der Waals surface area contributed by atoms with Gasteiger partial charge in [-0.1, -0.05) is 39.8 Å². The first kappa shape index (κ1) is 23.2. The maximum absolute atomic E-state index is 12.7. The summed E-state index contributed by atoms with van der Waals surface area (Å²) in [7, 11) is 0. The lowest BCUT2D eigenvalue weighted by molar-refractivity contribution is -0.135. The molecule has 2 rings (SSSR count). The highest BCUT2D eigenvalue weighted by atomic mass is 16.5. The molecule has 0 saturated carbocycles. The molecular formula is C23H30N2O5. The molecule has 0 atom stereocenters. The molecule has 2 aromatic rings. The third-order valence-electron chi connectivity index (χ3n) is 4.33. The summed E-state index contributed by atoms with van der Waals surface area (Å²) in [4.78, 5) is 39.4. The van der Waals surface area contributed by atoms with Crippen LogP contribution in [0.1, 0.15) is 54.2 Å². The van der Waals surface area contributed by atoms with Gasteiger partial charge in [-0.15, -0.1) is 0 Å². The van der Waals surface area contributed by atoms with Gasteiger partial charge in [0.1, 0.15) is 0 Å². The van der Waals surface area contributed by atoms with E-state index in [4.69, 9.17) is 9.15 Å². The second-order valence-corrected chi connectivity index (χ2v) is 8.09. The van der Waals surface area contributed by atoms with Gasteiger partial charge in [0.05, 0.1) is 17.5 Å². The van der Waals surface area contributed by atoms with E-state index < -0.39 is 11.9 Å². The van der Waals surface area contributed by atoms with Crippen LogP contribution in [0.15, 0.2) is 41.0 Å². The first-order valence-corrected chi connectivity index (χ1v) is 10.1. The Balaban J connectivity index is 2.10. The van der Waals surface area contributed by atoms with Crippen molar-refractivity contribution in [1.82, 2.24) is 4.90 Å². The number of nitrogens with one attached hydrogen (secondary N) is 1. The van der Waals surface area contributed by atoms with Crippen molar-refractivity contribution in [3.8, 4) is 0 Å². The van der Waals surface area contributed by atoms with Crippen LogP contribution >= 0.6 is 0 Å². The van der Waals surface area contributed by atoms with Crippen molar-refractivity contribution in [2.45, 2.75) is 34.6 Å². The summed E-state index contributed by atoms with van der Waals surface area (Å²) in [5, 5.41) is 2.70. The number of amides is 2. The van der Waals surface area contributed by atoms with Gasteiger partial charge >= 0.3 is 5.97 Å². The molecule has 0 bridgehead atoms. The SMILES string of the molecule is Cc1cccc(C(=O)OCC(=O)N(CC(C)C)CC(C)C)c1NC(=O)c1ccco1. The number of aryl methyl sites for hydroxylation is 1. The van der Waals surface area contributed by atoms with Crippen LogP contribution in [0.25, 0.3) is 0 Å². The highest BCUT2D eigenvalue weighted by Gasteiger charge is 2.22. The highest BCUT2D eigenvalue weighted by molar-refractivity contribution is 6.07. The summed E-state index contributed by atoms with van der Waals surface area (Å²) < 4.78 is 10.4. The monoisotopic (exact) mass is 414 g/mol. The molecule has 7 heteroatoms. The van der Waals surface area contributed by atoms with Crippen molar-refractivity contribution in [1.29, 1.82) is 0 Å². The Hall–Kier alpha value is -3.09. The van der Waals surface area contributed by atoms with Crippen LogP contribution in [-0.2, 0) is 9.53 Å². The van der Waals surface area contributed by atoms with E-state index in [1.807, 2.05) is 27.7 Å². The van der Waals surface area contributed by atoms with Crippen LogP contribution in [0.2, 0.25) is 0 Å². The molecule has 0 aliphatic carbocycles. The van der Waals surface area contributed by atoms with Crippen molar-refractivity contribution < 1.29 is 23.5 Å². The predicted octanol–water partition coefficient (Wildman–Crippen LogP) is 4.14.